The number of likely N-dealkylation sites (N-methyl/N-ethyl adjacent to an activating group) is 1. The molecule has 1 fully saturated rings. The number of amidine groups is 1. The highest BCUT2D eigenvalue weighted by molar-refractivity contribution is 8.18. The molecule has 1 amide bonds. The standard InChI is InChI=1S/C26H20Cl2N2O4S/c1-30-24(31)23(35-26(30)29-20-8-5-7-16(13-20)25(32)33-2)14-18-12-19(27)10-11-22(18)34-15-17-6-3-4-9-21(17)28/h3-14H,15H2,1-2H3. The highest BCUT2D eigenvalue weighted by Gasteiger charge is 2.30. The summed E-state index contributed by atoms with van der Waals surface area (Å²) >= 11 is 13.7. The molecule has 178 valence electrons. The predicted molar refractivity (Wildman–Crippen MR) is 140 cm³/mol. The lowest BCUT2D eigenvalue weighted by Gasteiger charge is -2.11. The number of methoxy groups -OCH3 is 1. The van der Waals surface area contributed by atoms with E-state index in [1.54, 1.807) is 61.7 Å². The van der Waals surface area contributed by atoms with Crippen molar-refractivity contribution in [3.05, 3.63) is 98.4 Å². The van der Waals surface area contributed by atoms with Crippen LogP contribution in [0.5, 0.6) is 5.75 Å². The molecule has 1 aliphatic rings. The SMILES string of the molecule is COC(=O)c1cccc(N=C2SC(=Cc3cc(Cl)ccc3OCc3ccccc3Cl)C(=O)N2C)c1. The minimum Gasteiger partial charge on any atom is -0.488 e. The van der Waals surface area contributed by atoms with Crippen LogP contribution in [0.1, 0.15) is 21.5 Å². The van der Waals surface area contributed by atoms with Crippen LogP contribution < -0.4 is 4.74 Å². The molecular weight excluding hydrogens is 507 g/mol. The van der Waals surface area contributed by atoms with Gasteiger partial charge in [-0.15, -0.1) is 0 Å². The predicted octanol–water partition coefficient (Wildman–Crippen LogP) is 6.59. The van der Waals surface area contributed by atoms with Crippen molar-refractivity contribution in [1.29, 1.82) is 0 Å². The zero-order chi connectivity index (χ0) is 24.9. The van der Waals surface area contributed by atoms with Gasteiger partial charge in [-0.3, -0.25) is 9.69 Å². The van der Waals surface area contributed by atoms with E-state index in [1.165, 1.54) is 23.8 Å². The fourth-order valence-corrected chi connectivity index (χ4v) is 4.61. The first-order valence-corrected chi connectivity index (χ1v) is 12.0. The van der Waals surface area contributed by atoms with E-state index >= 15 is 0 Å². The highest BCUT2D eigenvalue weighted by Crippen LogP contribution is 2.36. The van der Waals surface area contributed by atoms with Crippen molar-refractivity contribution in [3.8, 4) is 5.75 Å². The number of ether oxygens (including phenoxy) is 2. The molecule has 0 unspecified atom stereocenters. The number of hydrogen-bond acceptors (Lipinski definition) is 6. The average molecular weight is 527 g/mol. The number of carbonyl (C=O) groups excluding carboxylic acids is 2. The molecule has 4 rings (SSSR count). The van der Waals surface area contributed by atoms with Gasteiger partial charge in [-0.1, -0.05) is 47.5 Å². The molecule has 1 saturated heterocycles. The summed E-state index contributed by atoms with van der Waals surface area (Å²) in [4.78, 5) is 31.2. The van der Waals surface area contributed by atoms with Crippen molar-refractivity contribution in [2.45, 2.75) is 6.61 Å². The van der Waals surface area contributed by atoms with Crippen LogP contribution in [-0.2, 0) is 16.1 Å². The molecule has 6 nitrogen and oxygen atoms in total. The molecular formula is C26H20Cl2N2O4S. The summed E-state index contributed by atoms with van der Waals surface area (Å²) in [5.74, 6) is -0.106. The first-order chi connectivity index (χ1) is 16.9. The second kappa shape index (κ2) is 11.0. The number of halogens is 2. The lowest BCUT2D eigenvalue weighted by atomic mass is 10.1. The zero-order valence-corrected chi connectivity index (χ0v) is 21.2. The molecule has 3 aromatic rings. The van der Waals surface area contributed by atoms with Gasteiger partial charge in [-0.25, -0.2) is 9.79 Å². The van der Waals surface area contributed by atoms with Crippen LogP contribution in [0.25, 0.3) is 6.08 Å². The number of hydrogen-bond donors (Lipinski definition) is 0. The van der Waals surface area contributed by atoms with Gasteiger partial charge >= 0.3 is 5.97 Å². The number of carbonyl (C=O) groups is 2. The van der Waals surface area contributed by atoms with E-state index in [2.05, 4.69) is 4.99 Å². The normalized spacial score (nSPS) is 15.7. The molecule has 0 aliphatic carbocycles. The number of benzene rings is 3. The molecule has 3 aromatic carbocycles. The first-order valence-electron chi connectivity index (χ1n) is 10.5. The Morgan fingerprint density at radius 3 is 2.66 bits per heavy atom. The topological polar surface area (TPSA) is 68.2 Å². The summed E-state index contributed by atoms with van der Waals surface area (Å²) in [6.45, 7) is 0.266. The number of esters is 1. The molecule has 0 saturated carbocycles. The van der Waals surface area contributed by atoms with Crippen LogP contribution >= 0.6 is 35.0 Å². The lowest BCUT2D eigenvalue weighted by Crippen LogP contribution is -2.23. The highest BCUT2D eigenvalue weighted by atomic mass is 35.5. The molecule has 0 atom stereocenters. The third-order valence-corrected chi connectivity index (χ3v) is 6.76. The largest absolute Gasteiger partial charge is 0.488 e. The van der Waals surface area contributed by atoms with E-state index in [0.29, 0.717) is 42.7 Å². The zero-order valence-electron chi connectivity index (χ0n) is 18.8. The Bertz CT molecular complexity index is 1360. The second-order valence-corrected chi connectivity index (χ2v) is 9.33. The van der Waals surface area contributed by atoms with Crippen molar-refractivity contribution in [3.63, 3.8) is 0 Å². The number of amides is 1. The quantitative estimate of drug-likeness (QED) is 0.267. The van der Waals surface area contributed by atoms with E-state index < -0.39 is 5.97 Å². The molecule has 0 N–H and O–H groups in total. The summed E-state index contributed by atoms with van der Waals surface area (Å²) in [5.41, 5.74) is 2.41. The maximum atomic E-state index is 12.9. The van der Waals surface area contributed by atoms with Crippen LogP contribution in [0.3, 0.4) is 0 Å². The number of aliphatic imine (C=N–C) groups is 1. The summed E-state index contributed by atoms with van der Waals surface area (Å²) in [7, 11) is 2.96. The molecule has 9 heteroatoms. The third kappa shape index (κ3) is 5.88. The Kier molecular flexibility index (Phi) is 7.80. The average Bonchev–Trinajstić information content (AvgIpc) is 3.11. The Morgan fingerprint density at radius 1 is 1.09 bits per heavy atom. The van der Waals surface area contributed by atoms with Gasteiger partial charge in [0.15, 0.2) is 5.17 Å². The minimum atomic E-state index is -0.457. The summed E-state index contributed by atoms with van der Waals surface area (Å²) in [5, 5.41) is 1.60. The van der Waals surface area contributed by atoms with E-state index in [1.807, 2.05) is 18.2 Å². The second-order valence-electron chi connectivity index (χ2n) is 7.47. The number of thioether (sulfide) groups is 1. The van der Waals surface area contributed by atoms with Crippen LogP contribution in [0.15, 0.2) is 76.6 Å². The van der Waals surface area contributed by atoms with Gasteiger partial charge in [0.2, 0.25) is 0 Å². The van der Waals surface area contributed by atoms with Gasteiger partial charge in [-0.2, -0.15) is 0 Å². The fourth-order valence-electron chi connectivity index (χ4n) is 3.26. The van der Waals surface area contributed by atoms with Gasteiger partial charge in [0, 0.05) is 28.2 Å². The summed E-state index contributed by atoms with van der Waals surface area (Å²) < 4.78 is 10.8. The molecule has 0 spiro atoms. The summed E-state index contributed by atoms with van der Waals surface area (Å²) in [6, 6.07) is 19.4. The maximum Gasteiger partial charge on any atom is 0.337 e. The van der Waals surface area contributed by atoms with Gasteiger partial charge < -0.3 is 9.47 Å². The fraction of sp³-hybridized carbons (Fsp3) is 0.115. The molecule has 0 bridgehead atoms. The Balaban J connectivity index is 1.60. The van der Waals surface area contributed by atoms with Crippen LogP contribution in [-0.4, -0.2) is 36.1 Å². The Labute approximate surface area is 217 Å². The van der Waals surface area contributed by atoms with Crippen LogP contribution in [0, 0.1) is 0 Å². The van der Waals surface area contributed by atoms with Gasteiger partial charge in [-0.05, 0) is 60.3 Å². The van der Waals surface area contributed by atoms with Crippen LogP contribution in [0.2, 0.25) is 10.0 Å². The molecule has 1 aliphatic heterocycles. The maximum absolute atomic E-state index is 12.9. The first kappa shape index (κ1) is 24.9. The Morgan fingerprint density at radius 2 is 1.89 bits per heavy atom. The molecule has 0 radical (unpaired) electrons. The van der Waals surface area contributed by atoms with Gasteiger partial charge in [0.1, 0.15) is 12.4 Å². The summed E-state index contributed by atoms with van der Waals surface area (Å²) in [6.07, 6.45) is 1.73. The van der Waals surface area contributed by atoms with Crippen LogP contribution in [0.4, 0.5) is 5.69 Å². The van der Waals surface area contributed by atoms with Gasteiger partial charge in [0.25, 0.3) is 5.91 Å². The lowest BCUT2D eigenvalue weighted by molar-refractivity contribution is -0.121. The monoisotopic (exact) mass is 526 g/mol. The van der Waals surface area contributed by atoms with E-state index in [0.717, 1.165) is 5.56 Å². The van der Waals surface area contributed by atoms with Crippen molar-refractivity contribution >= 4 is 63.8 Å². The minimum absolute atomic E-state index is 0.213. The Hall–Kier alpha value is -3.26. The van der Waals surface area contributed by atoms with Crippen molar-refractivity contribution in [2.75, 3.05) is 14.2 Å². The molecule has 1 heterocycles. The van der Waals surface area contributed by atoms with E-state index in [9.17, 15) is 9.59 Å². The molecule has 35 heavy (non-hydrogen) atoms. The van der Waals surface area contributed by atoms with Crippen molar-refractivity contribution < 1.29 is 19.1 Å². The number of rotatable bonds is 6. The van der Waals surface area contributed by atoms with Crippen molar-refractivity contribution in [1.82, 2.24) is 4.90 Å². The number of nitrogens with zero attached hydrogens (tertiary/aromatic N) is 2. The van der Waals surface area contributed by atoms with Gasteiger partial charge in [0.05, 0.1) is 23.3 Å². The third-order valence-electron chi connectivity index (χ3n) is 5.10. The van der Waals surface area contributed by atoms with E-state index in [-0.39, 0.29) is 12.5 Å². The van der Waals surface area contributed by atoms with Crippen molar-refractivity contribution in [2.24, 2.45) is 4.99 Å². The van der Waals surface area contributed by atoms with E-state index in [4.69, 9.17) is 32.7 Å². The molecule has 0 aromatic heterocycles. The smallest absolute Gasteiger partial charge is 0.337 e.